The van der Waals surface area contributed by atoms with E-state index in [2.05, 4.69) is 36.6 Å². The molecule has 0 unspecified atom stereocenters. The molecule has 2 aromatic heterocycles. The van der Waals surface area contributed by atoms with Gasteiger partial charge in [-0.15, -0.1) is 5.10 Å². The number of aryl methyl sites for hydroxylation is 1. The molecule has 1 N–H and O–H groups in total. The summed E-state index contributed by atoms with van der Waals surface area (Å²) in [5.41, 5.74) is 1.98. The molecule has 124 valence electrons. The normalized spacial score (nSPS) is 10.7. The van der Waals surface area contributed by atoms with Crippen molar-refractivity contribution >= 4 is 17.4 Å². The van der Waals surface area contributed by atoms with Crippen molar-refractivity contribution in [2.75, 3.05) is 6.54 Å². The van der Waals surface area contributed by atoms with Gasteiger partial charge in [-0.25, -0.2) is 4.98 Å². The first-order chi connectivity index (χ1) is 11.8. The van der Waals surface area contributed by atoms with Crippen LogP contribution in [0.2, 0.25) is 0 Å². The second-order valence-electron chi connectivity index (χ2n) is 5.37. The van der Waals surface area contributed by atoms with E-state index in [0.717, 1.165) is 29.6 Å². The van der Waals surface area contributed by atoms with Gasteiger partial charge in [-0.05, 0) is 23.5 Å². The van der Waals surface area contributed by atoms with Crippen molar-refractivity contribution in [2.24, 2.45) is 0 Å². The monoisotopic (exact) mass is 341 g/mol. The molecule has 0 spiro atoms. The minimum atomic E-state index is -0.108. The third kappa shape index (κ3) is 3.86. The van der Waals surface area contributed by atoms with Gasteiger partial charge in [0.05, 0.1) is 5.69 Å². The molecular formula is C17H19N5OS. The number of hydrogen-bond acceptors (Lipinski definition) is 5. The molecule has 24 heavy (non-hydrogen) atoms. The van der Waals surface area contributed by atoms with E-state index in [1.807, 2.05) is 31.3 Å². The SMILES string of the molecule is CCc1nnsc1C(=O)NCCc1nccn1Cc1ccccc1. The summed E-state index contributed by atoms with van der Waals surface area (Å²) in [6, 6.07) is 10.2. The fourth-order valence-corrected chi connectivity index (χ4v) is 3.14. The van der Waals surface area contributed by atoms with E-state index in [4.69, 9.17) is 0 Å². The number of nitrogens with zero attached hydrogens (tertiary/aromatic N) is 4. The summed E-state index contributed by atoms with van der Waals surface area (Å²) in [5, 5.41) is 6.89. The largest absolute Gasteiger partial charge is 0.351 e. The van der Waals surface area contributed by atoms with Gasteiger partial charge in [0.25, 0.3) is 5.91 Å². The highest BCUT2D eigenvalue weighted by molar-refractivity contribution is 7.08. The van der Waals surface area contributed by atoms with Gasteiger partial charge in [0.1, 0.15) is 10.7 Å². The molecule has 2 heterocycles. The van der Waals surface area contributed by atoms with Crippen molar-refractivity contribution in [2.45, 2.75) is 26.3 Å². The van der Waals surface area contributed by atoms with Crippen LogP contribution in [0.1, 0.15) is 33.7 Å². The Morgan fingerprint density at radius 1 is 1.29 bits per heavy atom. The van der Waals surface area contributed by atoms with Gasteiger partial charge in [-0.3, -0.25) is 4.79 Å². The van der Waals surface area contributed by atoms with Gasteiger partial charge < -0.3 is 9.88 Å². The van der Waals surface area contributed by atoms with E-state index in [0.29, 0.717) is 24.3 Å². The average molecular weight is 341 g/mol. The van der Waals surface area contributed by atoms with Crippen molar-refractivity contribution in [1.29, 1.82) is 0 Å². The number of nitrogens with one attached hydrogen (secondary N) is 1. The Balaban J connectivity index is 1.56. The number of carbonyl (C=O) groups excluding carboxylic acids is 1. The summed E-state index contributed by atoms with van der Waals surface area (Å²) in [7, 11) is 0. The fourth-order valence-electron chi connectivity index (χ4n) is 2.47. The molecule has 3 rings (SSSR count). The number of rotatable bonds is 7. The number of hydrogen-bond donors (Lipinski definition) is 1. The first-order valence-electron chi connectivity index (χ1n) is 7.91. The molecule has 0 aliphatic carbocycles. The highest BCUT2D eigenvalue weighted by Crippen LogP contribution is 2.11. The first-order valence-corrected chi connectivity index (χ1v) is 8.68. The van der Waals surface area contributed by atoms with E-state index in [1.165, 1.54) is 5.56 Å². The van der Waals surface area contributed by atoms with Crippen LogP contribution in [0.5, 0.6) is 0 Å². The van der Waals surface area contributed by atoms with E-state index in [-0.39, 0.29) is 5.91 Å². The third-order valence-corrected chi connectivity index (χ3v) is 4.50. The predicted molar refractivity (Wildman–Crippen MR) is 93.1 cm³/mol. The number of imidazole rings is 1. The summed E-state index contributed by atoms with van der Waals surface area (Å²) in [6.45, 7) is 3.28. The average Bonchev–Trinajstić information content (AvgIpc) is 3.25. The highest BCUT2D eigenvalue weighted by Gasteiger charge is 2.14. The van der Waals surface area contributed by atoms with E-state index in [1.54, 1.807) is 6.20 Å². The summed E-state index contributed by atoms with van der Waals surface area (Å²) >= 11 is 1.14. The van der Waals surface area contributed by atoms with Crippen molar-refractivity contribution in [3.63, 3.8) is 0 Å². The molecule has 0 radical (unpaired) electrons. The second-order valence-corrected chi connectivity index (χ2v) is 6.12. The summed E-state index contributed by atoms with van der Waals surface area (Å²) < 4.78 is 5.95. The van der Waals surface area contributed by atoms with Gasteiger partial charge in [0.15, 0.2) is 0 Å². The van der Waals surface area contributed by atoms with E-state index >= 15 is 0 Å². The Hall–Kier alpha value is -2.54. The zero-order valence-corrected chi connectivity index (χ0v) is 14.3. The van der Waals surface area contributed by atoms with Crippen LogP contribution in [0.15, 0.2) is 42.7 Å². The molecule has 0 atom stereocenters. The Bertz CT molecular complexity index is 796. The van der Waals surface area contributed by atoms with Crippen LogP contribution in [0.3, 0.4) is 0 Å². The Morgan fingerprint density at radius 3 is 2.92 bits per heavy atom. The summed E-state index contributed by atoms with van der Waals surface area (Å²) in [5.74, 6) is 0.848. The lowest BCUT2D eigenvalue weighted by Gasteiger charge is -2.08. The van der Waals surface area contributed by atoms with Crippen LogP contribution in [0.4, 0.5) is 0 Å². The molecule has 0 saturated heterocycles. The van der Waals surface area contributed by atoms with Crippen molar-refractivity contribution in [1.82, 2.24) is 24.5 Å². The smallest absolute Gasteiger partial charge is 0.264 e. The lowest BCUT2D eigenvalue weighted by atomic mass is 10.2. The molecule has 1 aromatic carbocycles. The molecular weight excluding hydrogens is 322 g/mol. The second kappa shape index (κ2) is 7.83. The maximum atomic E-state index is 12.2. The Labute approximate surface area is 144 Å². The zero-order valence-electron chi connectivity index (χ0n) is 13.5. The first kappa shape index (κ1) is 16.3. The maximum absolute atomic E-state index is 12.2. The topological polar surface area (TPSA) is 72.7 Å². The standard InChI is InChI=1S/C17H19N5OS/c1-2-14-16(24-21-20-14)17(23)19-9-8-15-18-10-11-22(15)12-13-6-4-3-5-7-13/h3-7,10-11H,2,8-9,12H2,1H3,(H,19,23). The molecule has 0 aliphatic heterocycles. The van der Waals surface area contributed by atoms with Crippen LogP contribution in [0.25, 0.3) is 0 Å². The molecule has 0 saturated carbocycles. The minimum absolute atomic E-state index is 0.108. The lowest BCUT2D eigenvalue weighted by Crippen LogP contribution is -2.26. The fraction of sp³-hybridized carbons (Fsp3) is 0.294. The number of aromatic nitrogens is 4. The van der Waals surface area contributed by atoms with Crippen LogP contribution in [0, 0.1) is 0 Å². The van der Waals surface area contributed by atoms with Gasteiger partial charge >= 0.3 is 0 Å². The van der Waals surface area contributed by atoms with Crippen molar-refractivity contribution in [3.8, 4) is 0 Å². The minimum Gasteiger partial charge on any atom is -0.351 e. The van der Waals surface area contributed by atoms with Gasteiger partial charge in [-0.2, -0.15) is 0 Å². The molecule has 1 amide bonds. The molecule has 0 bridgehead atoms. The van der Waals surface area contributed by atoms with Crippen molar-refractivity contribution in [3.05, 3.63) is 64.7 Å². The molecule has 3 aromatic rings. The van der Waals surface area contributed by atoms with Gasteiger partial charge in [0.2, 0.25) is 0 Å². The summed E-state index contributed by atoms with van der Waals surface area (Å²) in [4.78, 5) is 17.2. The molecule has 0 aliphatic rings. The van der Waals surface area contributed by atoms with E-state index in [9.17, 15) is 4.79 Å². The number of amides is 1. The van der Waals surface area contributed by atoms with Gasteiger partial charge in [0, 0.05) is 31.9 Å². The Kier molecular flexibility index (Phi) is 5.32. The highest BCUT2D eigenvalue weighted by atomic mass is 32.1. The molecule has 0 fully saturated rings. The zero-order chi connectivity index (χ0) is 16.8. The van der Waals surface area contributed by atoms with E-state index < -0.39 is 0 Å². The Morgan fingerprint density at radius 2 is 2.12 bits per heavy atom. The summed E-state index contributed by atoms with van der Waals surface area (Å²) in [6.07, 6.45) is 5.15. The number of benzene rings is 1. The van der Waals surface area contributed by atoms with Crippen LogP contribution < -0.4 is 5.32 Å². The van der Waals surface area contributed by atoms with Gasteiger partial charge in [-0.1, -0.05) is 41.7 Å². The van der Waals surface area contributed by atoms with Crippen LogP contribution in [-0.2, 0) is 19.4 Å². The quantitative estimate of drug-likeness (QED) is 0.716. The predicted octanol–water partition coefficient (Wildman–Crippen LogP) is 2.32. The van der Waals surface area contributed by atoms with Crippen molar-refractivity contribution < 1.29 is 4.79 Å². The maximum Gasteiger partial charge on any atom is 0.264 e. The van der Waals surface area contributed by atoms with Crippen LogP contribution >= 0.6 is 11.5 Å². The molecule has 7 heteroatoms. The molecule has 6 nitrogen and oxygen atoms in total. The third-order valence-electron chi connectivity index (χ3n) is 3.73. The lowest BCUT2D eigenvalue weighted by molar-refractivity contribution is 0.0957. The number of carbonyl (C=O) groups is 1. The van der Waals surface area contributed by atoms with Crippen LogP contribution in [-0.4, -0.2) is 31.6 Å².